The van der Waals surface area contributed by atoms with E-state index in [-0.39, 0.29) is 5.91 Å². The van der Waals surface area contributed by atoms with Crippen LogP contribution in [0, 0.1) is 6.92 Å². The molecular formula is C20H21BrN2O. The van der Waals surface area contributed by atoms with Crippen LogP contribution >= 0.6 is 15.9 Å². The van der Waals surface area contributed by atoms with Gasteiger partial charge in [0.15, 0.2) is 0 Å². The molecule has 124 valence electrons. The third-order valence-electron chi connectivity index (χ3n) is 4.19. The van der Waals surface area contributed by atoms with Crippen molar-refractivity contribution >= 4 is 32.7 Å². The molecule has 3 rings (SSSR count). The van der Waals surface area contributed by atoms with Crippen molar-refractivity contribution < 1.29 is 4.79 Å². The molecule has 0 saturated carbocycles. The largest absolute Gasteiger partial charge is 0.309 e. The number of aromatic nitrogens is 1. The maximum Gasteiger partial charge on any atom is 0.263 e. The molecule has 0 unspecified atom stereocenters. The second kappa shape index (κ2) is 6.91. The zero-order valence-electron chi connectivity index (χ0n) is 14.2. The lowest BCUT2D eigenvalue weighted by Gasteiger charge is -2.08. The van der Waals surface area contributed by atoms with Gasteiger partial charge in [-0.3, -0.25) is 9.36 Å². The number of halogens is 1. The molecule has 0 spiro atoms. The second-order valence-corrected chi connectivity index (χ2v) is 7.24. The molecule has 0 aliphatic heterocycles. The smallest absolute Gasteiger partial charge is 0.263 e. The van der Waals surface area contributed by atoms with Crippen LogP contribution in [0.3, 0.4) is 0 Å². The van der Waals surface area contributed by atoms with Gasteiger partial charge in [0, 0.05) is 22.6 Å². The van der Waals surface area contributed by atoms with E-state index in [0.717, 1.165) is 28.3 Å². The molecule has 1 heterocycles. The highest BCUT2D eigenvalue weighted by molar-refractivity contribution is 9.10. The van der Waals surface area contributed by atoms with Gasteiger partial charge >= 0.3 is 0 Å². The average Bonchev–Trinajstić information content (AvgIpc) is 2.90. The SMILES string of the molecule is Cc1ccc2c(c1)c(CCN(C)C)cn2C(=O)c1ccccc1Br. The summed E-state index contributed by atoms with van der Waals surface area (Å²) in [7, 11) is 4.13. The van der Waals surface area contributed by atoms with E-state index < -0.39 is 0 Å². The van der Waals surface area contributed by atoms with Crippen molar-refractivity contribution in [3.05, 3.63) is 69.8 Å². The van der Waals surface area contributed by atoms with Gasteiger partial charge in [-0.25, -0.2) is 0 Å². The number of likely N-dealkylation sites (N-methyl/N-ethyl adjacent to an activating group) is 1. The number of hydrogen-bond donors (Lipinski definition) is 0. The minimum atomic E-state index is -0.00701. The van der Waals surface area contributed by atoms with Gasteiger partial charge in [-0.2, -0.15) is 0 Å². The minimum Gasteiger partial charge on any atom is -0.309 e. The Morgan fingerprint density at radius 3 is 2.62 bits per heavy atom. The molecule has 0 bridgehead atoms. The first-order valence-corrected chi connectivity index (χ1v) is 8.81. The molecule has 4 heteroatoms. The van der Waals surface area contributed by atoms with Crippen LogP contribution < -0.4 is 0 Å². The molecule has 0 saturated heterocycles. The number of rotatable bonds is 4. The van der Waals surface area contributed by atoms with Crippen molar-refractivity contribution in [2.75, 3.05) is 20.6 Å². The van der Waals surface area contributed by atoms with Crippen molar-refractivity contribution in [1.29, 1.82) is 0 Å². The maximum atomic E-state index is 13.0. The lowest BCUT2D eigenvalue weighted by atomic mass is 10.1. The first-order valence-electron chi connectivity index (χ1n) is 8.02. The standard InChI is InChI=1S/C20H21BrN2O/c1-14-8-9-19-17(12-14)15(10-11-22(2)3)13-23(19)20(24)16-6-4-5-7-18(16)21/h4-9,12-13H,10-11H2,1-3H3. The molecule has 0 fully saturated rings. The van der Waals surface area contributed by atoms with E-state index >= 15 is 0 Å². The molecule has 0 aliphatic carbocycles. The highest BCUT2D eigenvalue weighted by atomic mass is 79.9. The van der Waals surface area contributed by atoms with Crippen LogP contribution in [0.1, 0.15) is 21.5 Å². The Bertz CT molecular complexity index is 896. The lowest BCUT2D eigenvalue weighted by molar-refractivity contribution is 0.0964. The zero-order valence-corrected chi connectivity index (χ0v) is 15.8. The van der Waals surface area contributed by atoms with Crippen LogP contribution in [-0.4, -0.2) is 36.0 Å². The summed E-state index contributed by atoms with van der Waals surface area (Å²) >= 11 is 3.49. The number of fused-ring (bicyclic) bond motifs is 1. The Labute approximate surface area is 151 Å². The molecule has 1 aromatic heterocycles. The third-order valence-corrected chi connectivity index (χ3v) is 4.89. The number of benzene rings is 2. The molecule has 0 aliphatic rings. The van der Waals surface area contributed by atoms with Gasteiger partial charge in [0.1, 0.15) is 0 Å². The number of carbonyl (C=O) groups excluding carboxylic acids is 1. The Kier molecular flexibility index (Phi) is 4.88. The van der Waals surface area contributed by atoms with Crippen molar-refractivity contribution in [3.8, 4) is 0 Å². The number of nitrogens with zero attached hydrogens (tertiary/aromatic N) is 2. The highest BCUT2D eigenvalue weighted by Crippen LogP contribution is 2.26. The quantitative estimate of drug-likeness (QED) is 0.661. The monoisotopic (exact) mass is 384 g/mol. The molecule has 0 amide bonds. The Balaban J connectivity index is 2.11. The highest BCUT2D eigenvalue weighted by Gasteiger charge is 2.17. The van der Waals surface area contributed by atoms with E-state index in [4.69, 9.17) is 0 Å². The summed E-state index contributed by atoms with van der Waals surface area (Å²) in [5.74, 6) is -0.00701. The number of aryl methyl sites for hydroxylation is 1. The molecule has 3 nitrogen and oxygen atoms in total. The topological polar surface area (TPSA) is 25.2 Å². The van der Waals surface area contributed by atoms with E-state index in [1.54, 1.807) is 4.57 Å². The Morgan fingerprint density at radius 2 is 1.92 bits per heavy atom. The normalized spacial score (nSPS) is 11.4. The second-order valence-electron chi connectivity index (χ2n) is 6.38. The Morgan fingerprint density at radius 1 is 1.17 bits per heavy atom. The summed E-state index contributed by atoms with van der Waals surface area (Å²) in [4.78, 5) is 15.2. The van der Waals surface area contributed by atoms with Gasteiger partial charge < -0.3 is 4.90 Å². The van der Waals surface area contributed by atoms with Crippen LogP contribution in [0.2, 0.25) is 0 Å². The van der Waals surface area contributed by atoms with Crippen LogP contribution in [-0.2, 0) is 6.42 Å². The van der Waals surface area contributed by atoms with Gasteiger partial charge in [-0.1, -0.05) is 23.8 Å². The number of carbonyl (C=O) groups is 1. The number of hydrogen-bond acceptors (Lipinski definition) is 2. The fourth-order valence-electron chi connectivity index (χ4n) is 2.89. The fourth-order valence-corrected chi connectivity index (χ4v) is 3.34. The summed E-state index contributed by atoms with van der Waals surface area (Å²) in [6.45, 7) is 3.04. The minimum absolute atomic E-state index is 0.00701. The van der Waals surface area contributed by atoms with Crippen LogP contribution in [0.15, 0.2) is 53.1 Å². The molecular weight excluding hydrogens is 364 g/mol. The van der Waals surface area contributed by atoms with Crippen LogP contribution in [0.4, 0.5) is 0 Å². The zero-order chi connectivity index (χ0) is 17.3. The van der Waals surface area contributed by atoms with Gasteiger partial charge in [0.25, 0.3) is 5.91 Å². The molecule has 0 radical (unpaired) electrons. The van der Waals surface area contributed by atoms with Crippen molar-refractivity contribution in [2.24, 2.45) is 0 Å². The van der Waals surface area contributed by atoms with Crippen LogP contribution in [0.5, 0.6) is 0 Å². The predicted octanol–water partition coefficient (Wildman–Crippen LogP) is 4.50. The summed E-state index contributed by atoms with van der Waals surface area (Å²) < 4.78 is 2.60. The summed E-state index contributed by atoms with van der Waals surface area (Å²) in [6, 6.07) is 13.8. The van der Waals surface area contributed by atoms with Gasteiger partial charge in [0.2, 0.25) is 0 Å². The van der Waals surface area contributed by atoms with E-state index in [1.165, 1.54) is 11.1 Å². The van der Waals surface area contributed by atoms with E-state index in [0.29, 0.717) is 5.56 Å². The van der Waals surface area contributed by atoms with E-state index in [1.807, 2.05) is 36.5 Å². The summed E-state index contributed by atoms with van der Waals surface area (Å²) in [5.41, 5.74) is 4.06. The predicted molar refractivity (Wildman–Crippen MR) is 103 cm³/mol. The summed E-state index contributed by atoms with van der Waals surface area (Å²) in [6.07, 6.45) is 2.92. The van der Waals surface area contributed by atoms with Crippen molar-refractivity contribution in [3.63, 3.8) is 0 Å². The molecule has 2 aromatic carbocycles. The molecule has 0 atom stereocenters. The fraction of sp³-hybridized carbons (Fsp3) is 0.250. The first-order chi connectivity index (χ1) is 11.5. The first kappa shape index (κ1) is 16.9. The lowest BCUT2D eigenvalue weighted by Crippen LogP contribution is -2.15. The molecule has 24 heavy (non-hydrogen) atoms. The van der Waals surface area contributed by atoms with Gasteiger partial charge in [-0.05, 0) is 73.2 Å². The van der Waals surface area contributed by atoms with E-state index in [2.05, 4.69) is 54.0 Å². The van der Waals surface area contributed by atoms with E-state index in [9.17, 15) is 4.79 Å². The molecule has 0 N–H and O–H groups in total. The molecule has 3 aromatic rings. The van der Waals surface area contributed by atoms with Gasteiger partial charge in [0.05, 0.1) is 11.1 Å². The maximum absolute atomic E-state index is 13.0. The summed E-state index contributed by atoms with van der Waals surface area (Å²) in [5, 5.41) is 1.16. The van der Waals surface area contributed by atoms with Crippen molar-refractivity contribution in [1.82, 2.24) is 9.47 Å². The van der Waals surface area contributed by atoms with Gasteiger partial charge in [-0.15, -0.1) is 0 Å². The van der Waals surface area contributed by atoms with Crippen molar-refractivity contribution in [2.45, 2.75) is 13.3 Å². The Hall–Kier alpha value is -1.91. The van der Waals surface area contributed by atoms with Crippen LogP contribution in [0.25, 0.3) is 10.9 Å². The average molecular weight is 385 g/mol. The third kappa shape index (κ3) is 3.30.